The van der Waals surface area contributed by atoms with E-state index >= 15 is 0 Å². The number of benzene rings is 1. The molecular weight excluding hydrogens is 342 g/mol. The molecule has 0 radical (unpaired) electrons. The Kier molecular flexibility index (Phi) is 6.78. The summed E-state index contributed by atoms with van der Waals surface area (Å²) in [7, 11) is 0. The van der Waals surface area contributed by atoms with Crippen LogP contribution in [0.2, 0.25) is 0 Å². The quantitative estimate of drug-likeness (QED) is 0.753. The second-order valence-electron chi connectivity index (χ2n) is 6.11. The van der Waals surface area contributed by atoms with E-state index in [0.717, 1.165) is 23.9 Å². The maximum Gasteiger partial charge on any atom is 0.246 e. The van der Waals surface area contributed by atoms with Crippen molar-refractivity contribution in [2.24, 2.45) is 5.73 Å². The van der Waals surface area contributed by atoms with Gasteiger partial charge in [0.2, 0.25) is 17.8 Å². The number of nitrogens with two attached hydrogens (primary N) is 1. The normalized spacial score (nSPS) is 14.8. The monoisotopic (exact) mass is 365 g/mol. The standard InChI is InChI=1S/C17H23N5O2.ClH/c18-10-15(23)19-11-16(24)21-17-20-13-8-4-5-9-14(13)22(17)12-6-2-1-3-7-12;/h4-5,8-9,12H,1-3,6-7,10-11,18H2,(H,19,23)(H,20,21,24);1H. The van der Waals surface area contributed by atoms with Gasteiger partial charge in [-0.2, -0.15) is 0 Å². The number of fused-ring (bicyclic) bond motifs is 1. The van der Waals surface area contributed by atoms with Gasteiger partial charge in [0, 0.05) is 6.04 Å². The molecule has 25 heavy (non-hydrogen) atoms. The van der Waals surface area contributed by atoms with Crippen LogP contribution in [-0.2, 0) is 9.59 Å². The Labute approximate surface area is 152 Å². The van der Waals surface area contributed by atoms with E-state index in [-0.39, 0.29) is 37.3 Å². The summed E-state index contributed by atoms with van der Waals surface area (Å²) in [5.41, 5.74) is 7.12. The molecule has 1 saturated carbocycles. The molecule has 0 atom stereocenters. The Morgan fingerprint density at radius 2 is 1.88 bits per heavy atom. The first-order valence-corrected chi connectivity index (χ1v) is 8.42. The van der Waals surface area contributed by atoms with E-state index in [0.29, 0.717) is 12.0 Å². The van der Waals surface area contributed by atoms with Gasteiger partial charge in [0.25, 0.3) is 0 Å². The number of nitrogens with zero attached hydrogens (tertiary/aromatic N) is 2. The first-order valence-electron chi connectivity index (χ1n) is 8.42. The van der Waals surface area contributed by atoms with Crippen LogP contribution in [0.15, 0.2) is 24.3 Å². The molecule has 0 saturated heterocycles. The SMILES string of the molecule is Cl.NCC(=O)NCC(=O)Nc1nc2ccccc2n1C1CCCCC1. The van der Waals surface area contributed by atoms with Gasteiger partial charge in [-0.15, -0.1) is 12.4 Å². The van der Waals surface area contributed by atoms with Gasteiger partial charge < -0.3 is 15.6 Å². The van der Waals surface area contributed by atoms with Crippen molar-refractivity contribution in [3.8, 4) is 0 Å². The lowest BCUT2D eigenvalue weighted by Crippen LogP contribution is -2.37. The van der Waals surface area contributed by atoms with E-state index in [4.69, 9.17) is 5.73 Å². The van der Waals surface area contributed by atoms with Gasteiger partial charge in [0.05, 0.1) is 24.1 Å². The zero-order chi connectivity index (χ0) is 16.9. The molecule has 1 aromatic carbocycles. The molecule has 0 unspecified atom stereocenters. The minimum absolute atomic E-state index is 0. The number of rotatable bonds is 5. The minimum Gasteiger partial charge on any atom is -0.346 e. The van der Waals surface area contributed by atoms with E-state index in [1.165, 1.54) is 19.3 Å². The molecule has 1 fully saturated rings. The fourth-order valence-corrected chi connectivity index (χ4v) is 3.26. The predicted octanol–water partition coefficient (Wildman–Crippen LogP) is 1.98. The average molecular weight is 366 g/mol. The molecule has 0 aliphatic heterocycles. The van der Waals surface area contributed by atoms with Crippen LogP contribution < -0.4 is 16.4 Å². The van der Waals surface area contributed by atoms with Gasteiger partial charge in [-0.3, -0.25) is 14.9 Å². The van der Waals surface area contributed by atoms with Crippen LogP contribution in [0.25, 0.3) is 11.0 Å². The number of anilines is 1. The number of halogens is 1. The number of imidazole rings is 1. The van der Waals surface area contributed by atoms with E-state index in [9.17, 15) is 9.59 Å². The number of para-hydroxylation sites is 2. The van der Waals surface area contributed by atoms with Crippen LogP contribution in [0, 0.1) is 0 Å². The van der Waals surface area contributed by atoms with E-state index in [2.05, 4.69) is 20.2 Å². The third-order valence-electron chi connectivity index (χ3n) is 4.42. The van der Waals surface area contributed by atoms with Gasteiger partial charge in [-0.05, 0) is 25.0 Å². The summed E-state index contributed by atoms with van der Waals surface area (Å²) in [6.07, 6.45) is 5.82. The number of carbonyl (C=O) groups excluding carboxylic acids is 2. The summed E-state index contributed by atoms with van der Waals surface area (Å²) in [6, 6.07) is 8.24. The first-order chi connectivity index (χ1) is 11.7. The van der Waals surface area contributed by atoms with E-state index in [1.807, 2.05) is 24.3 Å². The van der Waals surface area contributed by atoms with Crippen molar-refractivity contribution in [3.63, 3.8) is 0 Å². The number of amides is 2. The van der Waals surface area contributed by atoms with Crippen LogP contribution in [-0.4, -0.2) is 34.5 Å². The second kappa shape index (κ2) is 8.82. The molecule has 2 amide bonds. The maximum absolute atomic E-state index is 12.1. The topological polar surface area (TPSA) is 102 Å². The number of aromatic nitrogens is 2. The molecule has 0 bridgehead atoms. The highest BCUT2D eigenvalue weighted by Crippen LogP contribution is 2.34. The van der Waals surface area contributed by atoms with Gasteiger partial charge in [-0.25, -0.2) is 4.98 Å². The van der Waals surface area contributed by atoms with E-state index < -0.39 is 0 Å². The Balaban J connectivity index is 0.00000225. The smallest absolute Gasteiger partial charge is 0.246 e. The van der Waals surface area contributed by atoms with Gasteiger partial charge in [-0.1, -0.05) is 31.4 Å². The maximum atomic E-state index is 12.1. The van der Waals surface area contributed by atoms with Crippen molar-refractivity contribution < 1.29 is 9.59 Å². The molecule has 0 spiro atoms. The van der Waals surface area contributed by atoms with Crippen molar-refractivity contribution >= 4 is 41.2 Å². The van der Waals surface area contributed by atoms with Gasteiger partial charge in [0.15, 0.2) is 0 Å². The van der Waals surface area contributed by atoms with Crippen molar-refractivity contribution in [3.05, 3.63) is 24.3 Å². The number of hydrogen-bond donors (Lipinski definition) is 3. The third kappa shape index (κ3) is 4.49. The molecule has 7 nitrogen and oxygen atoms in total. The minimum atomic E-state index is -0.356. The van der Waals surface area contributed by atoms with Crippen LogP contribution >= 0.6 is 12.4 Å². The lowest BCUT2D eigenvalue weighted by atomic mass is 9.95. The van der Waals surface area contributed by atoms with Crippen molar-refractivity contribution in [2.75, 3.05) is 18.4 Å². The van der Waals surface area contributed by atoms with Gasteiger partial charge in [0.1, 0.15) is 0 Å². The Hall–Kier alpha value is -2.12. The highest BCUT2D eigenvalue weighted by atomic mass is 35.5. The summed E-state index contributed by atoms with van der Waals surface area (Å²) in [5.74, 6) is -0.106. The third-order valence-corrected chi connectivity index (χ3v) is 4.42. The van der Waals surface area contributed by atoms with Crippen molar-refractivity contribution in [1.29, 1.82) is 0 Å². The fraction of sp³-hybridized carbons (Fsp3) is 0.471. The first kappa shape index (κ1) is 19.2. The molecule has 4 N–H and O–H groups in total. The molecule has 1 heterocycles. The molecule has 1 aromatic heterocycles. The summed E-state index contributed by atoms with van der Waals surface area (Å²) in [6.45, 7) is -0.238. The van der Waals surface area contributed by atoms with Crippen LogP contribution in [0.4, 0.5) is 5.95 Å². The highest BCUT2D eigenvalue weighted by molar-refractivity contribution is 5.95. The zero-order valence-electron chi connectivity index (χ0n) is 14.0. The molecule has 1 aliphatic rings. The van der Waals surface area contributed by atoms with Crippen LogP contribution in [0.5, 0.6) is 0 Å². The summed E-state index contributed by atoms with van der Waals surface area (Å²) in [5, 5.41) is 5.31. The number of carbonyl (C=O) groups is 2. The average Bonchev–Trinajstić information content (AvgIpc) is 2.98. The van der Waals surface area contributed by atoms with Crippen molar-refractivity contribution in [1.82, 2.24) is 14.9 Å². The second-order valence-corrected chi connectivity index (χ2v) is 6.11. The highest BCUT2D eigenvalue weighted by Gasteiger charge is 2.22. The van der Waals surface area contributed by atoms with Crippen LogP contribution in [0.1, 0.15) is 38.1 Å². The number of hydrogen-bond acceptors (Lipinski definition) is 4. The predicted molar refractivity (Wildman–Crippen MR) is 99.8 cm³/mol. The summed E-state index contributed by atoms with van der Waals surface area (Å²) >= 11 is 0. The zero-order valence-corrected chi connectivity index (χ0v) is 14.8. The lowest BCUT2D eigenvalue weighted by Gasteiger charge is -2.25. The Morgan fingerprint density at radius 1 is 1.16 bits per heavy atom. The fourth-order valence-electron chi connectivity index (χ4n) is 3.26. The molecule has 2 aromatic rings. The molecular formula is C17H24ClN5O2. The molecule has 1 aliphatic carbocycles. The van der Waals surface area contributed by atoms with Crippen LogP contribution in [0.3, 0.4) is 0 Å². The largest absolute Gasteiger partial charge is 0.346 e. The van der Waals surface area contributed by atoms with Gasteiger partial charge >= 0.3 is 0 Å². The Morgan fingerprint density at radius 3 is 2.60 bits per heavy atom. The Bertz CT molecular complexity index is 740. The molecule has 136 valence electrons. The summed E-state index contributed by atoms with van der Waals surface area (Å²) in [4.78, 5) is 27.9. The molecule has 3 rings (SSSR count). The molecule has 8 heteroatoms. The van der Waals surface area contributed by atoms with E-state index in [1.54, 1.807) is 0 Å². The summed E-state index contributed by atoms with van der Waals surface area (Å²) < 4.78 is 2.14. The van der Waals surface area contributed by atoms with Crippen molar-refractivity contribution in [2.45, 2.75) is 38.1 Å². The lowest BCUT2D eigenvalue weighted by molar-refractivity contribution is -0.123. The number of nitrogens with one attached hydrogen (secondary N) is 2.